The Bertz CT molecular complexity index is 1370. The van der Waals surface area contributed by atoms with Crippen LogP contribution in [0.1, 0.15) is 35.5 Å². The third-order valence-corrected chi connectivity index (χ3v) is 6.73. The lowest BCUT2D eigenvalue weighted by molar-refractivity contribution is -0.116. The molecule has 2 N–H and O–H groups in total. The van der Waals surface area contributed by atoms with Crippen LogP contribution in [0.15, 0.2) is 89.5 Å². The summed E-state index contributed by atoms with van der Waals surface area (Å²) in [6.07, 6.45) is 2.03. The summed E-state index contributed by atoms with van der Waals surface area (Å²) in [6.45, 7) is 2.42. The van der Waals surface area contributed by atoms with E-state index in [1.807, 2.05) is 90.7 Å². The minimum absolute atomic E-state index is 0.0789. The molecule has 0 radical (unpaired) electrons. The number of benzene rings is 2. The second-order valence-electron chi connectivity index (χ2n) is 8.70. The van der Waals surface area contributed by atoms with E-state index < -0.39 is 0 Å². The lowest BCUT2D eigenvalue weighted by Crippen LogP contribution is -2.32. The van der Waals surface area contributed by atoms with Crippen molar-refractivity contribution in [3.63, 3.8) is 0 Å². The minimum Gasteiger partial charge on any atom is -0.459 e. The highest BCUT2D eigenvalue weighted by Crippen LogP contribution is 2.40. The molecule has 0 unspecified atom stereocenters. The summed E-state index contributed by atoms with van der Waals surface area (Å²) >= 11 is 11.8. The van der Waals surface area contributed by atoms with Crippen molar-refractivity contribution in [1.82, 2.24) is 15.2 Å². The van der Waals surface area contributed by atoms with Crippen LogP contribution in [0, 0.1) is 6.92 Å². The smallest absolute Gasteiger partial charge is 0.226 e. The Kier molecular flexibility index (Phi) is 7.02. The standard InChI is InChI=1S/C28H25ClN4O2S/c1-18-5-4-6-21(17-18)31-25(34)14-16-33-27(26(32-28(33)36)22-7-2-3-15-30-22)24-13-12-23(35-24)19-8-10-20(29)11-9-19/h2-13,15,17,26-27H,14,16H2,1H3,(H,31,34)(H,32,36)/t26-,27+/m0/s1. The Labute approximate surface area is 220 Å². The van der Waals surface area contributed by atoms with Crippen molar-refractivity contribution >= 4 is 40.5 Å². The summed E-state index contributed by atoms with van der Waals surface area (Å²) in [7, 11) is 0. The third-order valence-electron chi connectivity index (χ3n) is 6.13. The van der Waals surface area contributed by atoms with Crippen molar-refractivity contribution in [2.45, 2.75) is 25.4 Å². The van der Waals surface area contributed by atoms with Gasteiger partial charge in [-0.3, -0.25) is 9.78 Å². The molecular formula is C28H25ClN4O2S. The molecule has 4 aromatic rings. The van der Waals surface area contributed by atoms with Gasteiger partial charge in [-0.25, -0.2) is 0 Å². The Morgan fingerprint density at radius 1 is 1.11 bits per heavy atom. The molecule has 182 valence electrons. The first-order valence-corrected chi connectivity index (χ1v) is 12.5. The van der Waals surface area contributed by atoms with E-state index in [0.29, 0.717) is 16.7 Å². The molecule has 2 aromatic carbocycles. The lowest BCUT2D eigenvalue weighted by atomic mass is 10.0. The predicted molar refractivity (Wildman–Crippen MR) is 146 cm³/mol. The highest BCUT2D eigenvalue weighted by Gasteiger charge is 2.41. The van der Waals surface area contributed by atoms with Crippen LogP contribution in [-0.2, 0) is 4.79 Å². The number of amides is 1. The molecule has 8 heteroatoms. The van der Waals surface area contributed by atoms with E-state index in [2.05, 4.69) is 15.6 Å². The van der Waals surface area contributed by atoms with Gasteiger partial charge in [0.1, 0.15) is 17.6 Å². The van der Waals surface area contributed by atoms with Crippen LogP contribution >= 0.6 is 23.8 Å². The number of carbonyl (C=O) groups excluding carboxylic acids is 1. The average molecular weight is 517 g/mol. The monoisotopic (exact) mass is 516 g/mol. The van der Waals surface area contributed by atoms with Crippen LogP contribution in [0.3, 0.4) is 0 Å². The molecule has 0 bridgehead atoms. The van der Waals surface area contributed by atoms with Gasteiger partial charge in [0.05, 0.1) is 11.7 Å². The van der Waals surface area contributed by atoms with Crippen molar-refractivity contribution in [3.8, 4) is 11.3 Å². The first-order chi connectivity index (χ1) is 17.5. The Morgan fingerprint density at radius 2 is 1.94 bits per heavy atom. The number of thiocarbonyl (C=S) groups is 1. The molecule has 1 fully saturated rings. The fraction of sp³-hybridized carbons (Fsp3) is 0.179. The fourth-order valence-electron chi connectivity index (χ4n) is 4.40. The molecule has 0 aliphatic carbocycles. The number of nitrogens with one attached hydrogen (secondary N) is 2. The molecule has 1 aliphatic heterocycles. The Balaban J connectivity index is 1.39. The molecule has 3 heterocycles. The minimum atomic E-state index is -0.264. The van der Waals surface area contributed by atoms with Gasteiger partial charge in [0.15, 0.2) is 5.11 Å². The number of rotatable bonds is 7. The van der Waals surface area contributed by atoms with Gasteiger partial charge in [-0.1, -0.05) is 29.8 Å². The topological polar surface area (TPSA) is 70.4 Å². The molecule has 36 heavy (non-hydrogen) atoms. The number of hydrogen-bond donors (Lipinski definition) is 2. The highest BCUT2D eigenvalue weighted by molar-refractivity contribution is 7.80. The van der Waals surface area contributed by atoms with Crippen molar-refractivity contribution in [2.75, 3.05) is 11.9 Å². The van der Waals surface area contributed by atoms with Gasteiger partial charge in [0, 0.05) is 35.4 Å². The zero-order chi connectivity index (χ0) is 25.1. The van der Waals surface area contributed by atoms with Gasteiger partial charge in [0.2, 0.25) is 5.91 Å². The number of halogens is 1. The van der Waals surface area contributed by atoms with Crippen molar-refractivity contribution in [2.24, 2.45) is 0 Å². The van der Waals surface area contributed by atoms with E-state index in [4.69, 9.17) is 28.2 Å². The fourth-order valence-corrected chi connectivity index (χ4v) is 4.86. The van der Waals surface area contributed by atoms with Gasteiger partial charge in [-0.05, 0) is 85.4 Å². The average Bonchev–Trinajstić information content (AvgIpc) is 3.48. The highest BCUT2D eigenvalue weighted by atomic mass is 35.5. The second kappa shape index (κ2) is 10.5. The first kappa shape index (κ1) is 24.0. The van der Waals surface area contributed by atoms with Gasteiger partial charge in [-0.15, -0.1) is 0 Å². The number of furan rings is 1. The van der Waals surface area contributed by atoms with Crippen LogP contribution < -0.4 is 10.6 Å². The molecule has 5 rings (SSSR count). The van der Waals surface area contributed by atoms with E-state index in [-0.39, 0.29) is 24.4 Å². The third kappa shape index (κ3) is 5.27. The van der Waals surface area contributed by atoms with Crippen LogP contribution in [0.4, 0.5) is 5.69 Å². The SMILES string of the molecule is Cc1cccc(NC(=O)CCN2C(=S)N[C@@H](c3ccccn3)[C@H]2c2ccc(-c3ccc(Cl)cc3)o2)c1. The van der Waals surface area contributed by atoms with Crippen LogP contribution in [-0.4, -0.2) is 27.4 Å². The number of aromatic nitrogens is 1. The summed E-state index contributed by atoms with van der Waals surface area (Å²) in [6, 6.07) is 24.5. The molecule has 2 atom stereocenters. The van der Waals surface area contributed by atoms with Crippen molar-refractivity contribution < 1.29 is 9.21 Å². The quantitative estimate of drug-likeness (QED) is 0.281. The number of pyridine rings is 1. The number of anilines is 1. The van der Waals surface area contributed by atoms with Gasteiger partial charge < -0.3 is 20.0 Å². The summed E-state index contributed by atoms with van der Waals surface area (Å²) in [5.74, 6) is 1.39. The molecule has 6 nitrogen and oxygen atoms in total. The molecule has 0 spiro atoms. The zero-order valence-electron chi connectivity index (χ0n) is 19.6. The molecule has 2 aromatic heterocycles. The van der Waals surface area contributed by atoms with E-state index >= 15 is 0 Å². The van der Waals surface area contributed by atoms with E-state index in [1.54, 1.807) is 6.20 Å². The molecular weight excluding hydrogens is 492 g/mol. The maximum Gasteiger partial charge on any atom is 0.226 e. The summed E-state index contributed by atoms with van der Waals surface area (Å²) in [4.78, 5) is 19.3. The Hall–Kier alpha value is -3.68. The van der Waals surface area contributed by atoms with E-state index in [0.717, 1.165) is 34.0 Å². The Morgan fingerprint density at radius 3 is 2.69 bits per heavy atom. The summed E-state index contributed by atoms with van der Waals surface area (Å²) in [5.41, 5.74) is 3.65. The number of carbonyl (C=O) groups is 1. The molecule has 0 saturated carbocycles. The first-order valence-electron chi connectivity index (χ1n) is 11.7. The lowest BCUT2D eigenvalue weighted by Gasteiger charge is -2.25. The predicted octanol–water partition coefficient (Wildman–Crippen LogP) is 6.30. The summed E-state index contributed by atoms with van der Waals surface area (Å²) in [5, 5.41) is 7.59. The van der Waals surface area contributed by atoms with Gasteiger partial charge in [0.25, 0.3) is 0 Å². The van der Waals surface area contributed by atoms with Crippen LogP contribution in [0.5, 0.6) is 0 Å². The zero-order valence-corrected chi connectivity index (χ0v) is 21.2. The molecule has 1 aliphatic rings. The maximum absolute atomic E-state index is 12.8. The number of nitrogens with zero attached hydrogens (tertiary/aromatic N) is 2. The molecule has 1 saturated heterocycles. The molecule has 1 amide bonds. The van der Waals surface area contributed by atoms with Crippen LogP contribution in [0.25, 0.3) is 11.3 Å². The normalized spacial score (nSPS) is 17.2. The van der Waals surface area contributed by atoms with Crippen LogP contribution in [0.2, 0.25) is 5.02 Å². The number of hydrogen-bond acceptors (Lipinski definition) is 4. The summed E-state index contributed by atoms with van der Waals surface area (Å²) < 4.78 is 6.33. The van der Waals surface area contributed by atoms with Crippen molar-refractivity contribution in [1.29, 1.82) is 0 Å². The van der Waals surface area contributed by atoms with E-state index in [9.17, 15) is 4.79 Å². The number of aryl methyl sites for hydroxylation is 1. The largest absolute Gasteiger partial charge is 0.459 e. The van der Waals surface area contributed by atoms with Gasteiger partial charge in [-0.2, -0.15) is 0 Å². The van der Waals surface area contributed by atoms with E-state index in [1.165, 1.54) is 0 Å². The van der Waals surface area contributed by atoms with Crippen molar-refractivity contribution in [3.05, 3.63) is 107 Å². The maximum atomic E-state index is 12.8. The van der Waals surface area contributed by atoms with Gasteiger partial charge >= 0.3 is 0 Å². The second-order valence-corrected chi connectivity index (χ2v) is 9.52.